The highest BCUT2D eigenvalue weighted by atomic mass is 35.5. The van der Waals surface area contributed by atoms with E-state index < -0.39 is 0 Å². The molecule has 0 radical (unpaired) electrons. The number of para-hydroxylation sites is 1. The molecule has 8 heteroatoms. The van der Waals surface area contributed by atoms with Crippen molar-refractivity contribution >= 4 is 40.6 Å². The Bertz CT molecular complexity index is 1300. The van der Waals surface area contributed by atoms with Crippen LogP contribution in [0.1, 0.15) is 31.9 Å². The summed E-state index contributed by atoms with van der Waals surface area (Å²) < 4.78 is 17.4. The predicted octanol–water partition coefficient (Wildman–Crippen LogP) is 7.21. The third-order valence-electron chi connectivity index (χ3n) is 5.81. The van der Waals surface area contributed by atoms with Gasteiger partial charge in [-0.25, -0.2) is 0 Å². The van der Waals surface area contributed by atoms with Crippen LogP contribution in [0.5, 0.6) is 17.2 Å². The Morgan fingerprint density at radius 1 is 0.816 bits per heavy atom. The molecule has 6 nitrogen and oxygen atoms in total. The molecular weight excluding hydrogens is 522 g/mol. The quantitative estimate of drug-likeness (QED) is 0.196. The summed E-state index contributed by atoms with van der Waals surface area (Å²) in [6.07, 6.45) is 1.69. The van der Waals surface area contributed by atoms with Crippen molar-refractivity contribution < 1.29 is 23.8 Å². The average Bonchev–Trinajstić information content (AvgIpc) is 3.15. The van der Waals surface area contributed by atoms with Gasteiger partial charge in [-0.05, 0) is 71.3 Å². The van der Waals surface area contributed by atoms with E-state index >= 15 is 0 Å². The Morgan fingerprint density at radius 3 is 2.11 bits per heavy atom. The molecule has 3 aromatic carbocycles. The van der Waals surface area contributed by atoms with E-state index in [2.05, 4.69) is 32.9 Å². The first-order valence-electron chi connectivity index (χ1n) is 12.3. The van der Waals surface area contributed by atoms with Crippen LogP contribution in [0.4, 0.5) is 4.79 Å². The summed E-state index contributed by atoms with van der Waals surface area (Å²) in [4.78, 5) is 26.9. The van der Waals surface area contributed by atoms with Gasteiger partial charge in [0.05, 0.1) is 11.4 Å². The van der Waals surface area contributed by atoms with E-state index in [4.69, 9.17) is 25.8 Å². The van der Waals surface area contributed by atoms with E-state index in [0.29, 0.717) is 40.2 Å². The molecule has 0 bridgehead atoms. The summed E-state index contributed by atoms with van der Waals surface area (Å²) >= 11 is 6.79. The lowest BCUT2D eigenvalue weighted by atomic mass is 9.87. The topological polar surface area (TPSA) is 65.1 Å². The number of amides is 2. The van der Waals surface area contributed by atoms with Crippen molar-refractivity contribution in [3.8, 4) is 17.2 Å². The molecule has 0 atom stereocenters. The third-order valence-corrected chi connectivity index (χ3v) is 6.97. The summed E-state index contributed by atoms with van der Waals surface area (Å²) in [6, 6.07) is 22.4. The van der Waals surface area contributed by atoms with Crippen LogP contribution in [0.3, 0.4) is 0 Å². The van der Waals surface area contributed by atoms with Crippen molar-refractivity contribution in [1.82, 2.24) is 4.90 Å². The van der Waals surface area contributed by atoms with E-state index in [1.165, 1.54) is 10.5 Å². The molecule has 38 heavy (non-hydrogen) atoms. The molecule has 0 aliphatic carbocycles. The van der Waals surface area contributed by atoms with Crippen molar-refractivity contribution in [1.29, 1.82) is 0 Å². The number of hydrogen-bond donors (Lipinski definition) is 0. The lowest BCUT2D eigenvalue weighted by Gasteiger charge is -2.19. The number of thioether (sulfide) groups is 1. The maximum atomic E-state index is 12.9. The summed E-state index contributed by atoms with van der Waals surface area (Å²) in [6.45, 7) is 7.55. The van der Waals surface area contributed by atoms with E-state index in [1.807, 2.05) is 36.4 Å². The van der Waals surface area contributed by atoms with Gasteiger partial charge in [0.2, 0.25) is 0 Å². The van der Waals surface area contributed by atoms with Gasteiger partial charge in [0.1, 0.15) is 37.1 Å². The highest BCUT2D eigenvalue weighted by molar-refractivity contribution is 8.18. The molecule has 2 amide bonds. The number of nitrogens with zero attached hydrogens (tertiary/aromatic N) is 1. The zero-order chi connectivity index (χ0) is 27.1. The fourth-order valence-corrected chi connectivity index (χ4v) is 4.70. The molecule has 198 valence electrons. The zero-order valence-corrected chi connectivity index (χ0v) is 23.2. The molecule has 1 fully saturated rings. The molecule has 4 rings (SSSR count). The molecule has 0 saturated carbocycles. The number of carbonyl (C=O) groups is 2. The molecule has 1 aliphatic rings. The van der Waals surface area contributed by atoms with Crippen LogP contribution in [-0.2, 0) is 10.2 Å². The minimum atomic E-state index is -0.350. The largest absolute Gasteiger partial charge is 0.492 e. The van der Waals surface area contributed by atoms with E-state index in [-0.39, 0.29) is 29.7 Å². The molecule has 0 spiro atoms. The van der Waals surface area contributed by atoms with Gasteiger partial charge in [0.25, 0.3) is 11.1 Å². The number of benzene rings is 3. The second-order valence-electron chi connectivity index (χ2n) is 9.64. The minimum Gasteiger partial charge on any atom is -0.492 e. The molecular formula is C30H30ClNO5S. The summed E-state index contributed by atoms with van der Waals surface area (Å²) in [5.74, 6) is 1.66. The van der Waals surface area contributed by atoms with Gasteiger partial charge in [0, 0.05) is 10.6 Å². The average molecular weight is 552 g/mol. The van der Waals surface area contributed by atoms with Crippen LogP contribution in [-0.4, -0.2) is 42.4 Å². The Balaban J connectivity index is 1.31. The first-order valence-corrected chi connectivity index (χ1v) is 13.5. The smallest absolute Gasteiger partial charge is 0.293 e. The number of halogens is 1. The van der Waals surface area contributed by atoms with Gasteiger partial charge in [0.15, 0.2) is 0 Å². The molecule has 1 heterocycles. The summed E-state index contributed by atoms with van der Waals surface area (Å²) in [7, 11) is 0. The van der Waals surface area contributed by atoms with Gasteiger partial charge in [-0.15, -0.1) is 0 Å². The van der Waals surface area contributed by atoms with Crippen LogP contribution in [0.15, 0.2) is 77.7 Å². The number of carbonyl (C=O) groups excluding carboxylic acids is 2. The van der Waals surface area contributed by atoms with Crippen LogP contribution < -0.4 is 14.2 Å². The van der Waals surface area contributed by atoms with Crippen molar-refractivity contribution in [3.63, 3.8) is 0 Å². The van der Waals surface area contributed by atoms with Crippen molar-refractivity contribution in [2.24, 2.45) is 0 Å². The standard InChI is InChI=1S/C30H30ClNO5S/c1-30(2,3)22-8-12-24(13-9-22)36-18-19-37-26-7-5-4-6-21(26)20-27-28(33)32(29(34)38-27)16-17-35-25-14-10-23(31)11-15-25/h4-15,20H,16-19H2,1-3H3/b27-20-. The molecule has 0 aromatic heterocycles. The minimum absolute atomic E-state index is 0.0890. The third kappa shape index (κ3) is 7.33. The highest BCUT2D eigenvalue weighted by Crippen LogP contribution is 2.34. The van der Waals surface area contributed by atoms with Crippen LogP contribution >= 0.6 is 23.4 Å². The van der Waals surface area contributed by atoms with Crippen molar-refractivity contribution in [2.45, 2.75) is 26.2 Å². The maximum Gasteiger partial charge on any atom is 0.293 e. The maximum absolute atomic E-state index is 12.9. The SMILES string of the molecule is CC(C)(C)c1ccc(OCCOc2ccccc2/C=C2\SC(=O)N(CCOc3ccc(Cl)cc3)C2=O)cc1. The fraction of sp³-hybridized carbons (Fsp3) is 0.267. The number of ether oxygens (including phenoxy) is 3. The van der Waals surface area contributed by atoms with Crippen LogP contribution in [0.25, 0.3) is 6.08 Å². The van der Waals surface area contributed by atoms with E-state index in [9.17, 15) is 9.59 Å². The lowest BCUT2D eigenvalue weighted by molar-refractivity contribution is -0.123. The zero-order valence-electron chi connectivity index (χ0n) is 21.6. The predicted molar refractivity (Wildman–Crippen MR) is 152 cm³/mol. The Hall–Kier alpha value is -3.42. The second kappa shape index (κ2) is 12.4. The number of imide groups is 1. The molecule has 0 unspecified atom stereocenters. The lowest BCUT2D eigenvalue weighted by Crippen LogP contribution is -2.32. The van der Waals surface area contributed by atoms with E-state index in [1.54, 1.807) is 30.3 Å². The highest BCUT2D eigenvalue weighted by Gasteiger charge is 2.35. The van der Waals surface area contributed by atoms with Crippen LogP contribution in [0, 0.1) is 0 Å². The summed E-state index contributed by atoms with van der Waals surface area (Å²) in [5.41, 5.74) is 2.05. The monoisotopic (exact) mass is 551 g/mol. The van der Waals surface area contributed by atoms with Crippen LogP contribution in [0.2, 0.25) is 5.02 Å². The van der Waals surface area contributed by atoms with Crippen molar-refractivity contribution in [2.75, 3.05) is 26.4 Å². The molecule has 1 saturated heterocycles. The van der Waals surface area contributed by atoms with E-state index in [0.717, 1.165) is 17.5 Å². The number of rotatable bonds is 10. The van der Waals surface area contributed by atoms with Gasteiger partial charge in [-0.3, -0.25) is 14.5 Å². The first kappa shape index (κ1) is 27.6. The van der Waals surface area contributed by atoms with Crippen molar-refractivity contribution in [3.05, 3.63) is 93.9 Å². The van der Waals surface area contributed by atoms with Gasteiger partial charge in [-0.2, -0.15) is 0 Å². The van der Waals surface area contributed by atoms with Gasteiger partial charge in [-0.1, -0.05) is 62.7 Å². The second-order valence-corrected chi connectivity index (χ2v) is 11.1. The number of hydrogen-bond acceptors (Lipinski definition) is 6. The molecule has 3 aromatic rings. The fourth-order valence-electron chi connectivity index (χ4n) is 3.71. The first-order chi connectivity index (χ1) is 18.2. The Kier molecular flexibility index (Phi) is 9.02. The molecule has 1 aliphatic heterocycles. The van der Waals surface area contributed by atoms with Gasteiger partial charge < -0.3 is 14.2 Å². The summed E-state index contributed by atoms with van der Waals surface area (Å²) in [5, 5.41) is 0.279. The Morgan fingerprint density at radius 2 is 1.42 bits per heavy atom. The normalized spacial score (nSPS) is 14.7. The Labute approximate surface area is 232 Å². The molecule has 0 N–H and O–H groups in total. The van der Waals surface area contributed by atoms with Gasteiger partial charge >= 0.3 is 0 Å².